The van der Waals surface area contributed by atoms with Gasteiger partial charge in [0.2, 0.25) is 10.0 Å². The summed E-state index contributed by atoms with van der Waals surface area (Å²) in [6.45, 7) is 2.27. The summed E-state index contributed by atoms with van der Waals surface area (Å²) in [5.41, 5.74) is 0. The molecule has 0 spiro atoms. The van der Waals surface area contributed by atoms with Crippen molar-refractivity contribution in [1.29, 1.82) is 0 Å². The van der Waals surface area contributed by atoms with Crippen LogP contribution in [-0.4, -0.2) is 70.2 Å². The van der Waals surface area contributed by atoms with Gasteiger partial charge in [-0.3, -0.25) is 0 Å². The van der Waals surface area contributed by atoms with E-state index in [0.29, 0.717) is 13.0 Å². The second kappa shape index (κ2) is 6.68. The molecule has 5 nitrogen and oxygen atoms in total. The van der Waals surface area contributed by atoms with Gasteiger partial charge in [-0.05, 0) is 47.0 Å². The number of nitrogens with one attached hydrogen (secondary N) is 1. The van der Waals surface area contributed by atoms with Gasteiger partial charge in [0.25, 0.3) is 0 Å². The third-order valence-corrected chi connectivity index (χ3v) is 5.09. The first-order valence-corrected chi connectivity index (χ1v) is 7.87. The molecule has 1 unspecified atom stereocenters. The van der Waals surface area contributed by atoms with Gasteiger partial charge in [0.15, 0.2) is 0 Å². The maximum absolute atomic E-state index is 12.2. The minimum absolute atomic E-state index is 0.171. The van der Waals surface area contributed by atoms with Gasteiger partial charge >= 0.3 is 0 Å². The highest BCUT2D eigenvalue weighted by molar-refractivity contribution is 7.89. The van der Waals surface area contributed by atoms with Crippen LogP contribution in [0.1, 0.15) is 19.3 Å². The summed E-state index contributed by atoms with van der Waals surface area (Å²) in [5, 5.41) is 2.98. The molecule has 1 aliphatic heterocycles. The summed E-state index contributed by atoms with van der Waals surface area (Å²) in [5.74, 6) is 0.262. The maximum atomic E-state index is 12.2. The Bertz CT molecular complexity index is 317. The zero-order valence-electron chi connectivity index (χ0n) is 11.1. The third kappa shape index (κ3) is 4.54. The van der Waals surface area contributed by atoms with Crippen LogP contribution in [0, 0.1) is 0 Å². The van der Waals surface area contributed by atoms with E-state index in [1.807, 2.05) is 21.1 Å². The minimum atomic E-state index is -3.06. The second-order valence-corrected chi connectivity index (χ2v) is 6.98. The Kier molecular flexibility index (Phi) is 5.85. The average molecular weight is 263 g/mol. The fourth-order valence-electron chi connectivity index (χ4n) is 2.33. The molecule has 1 rings (SSSR count). The molecule has 1 N–H and O–H groups in total. The Hall–Kier alpha value is -0.170. The predicted octanol–water partition coefficient (Wildman–Crippen LogP) is -0.0483. The molecule has 0 aromatic heterocycles. The van der Waals surface area contributed by atoms with E-state index in [2.05, 4.69) is 10.2 Å². The molecule has 0 aromatic carbocycles. The van der Waals surface area contributed by atoms with E-state index in [0.717, 1.165) is 25.9 Å². The molecule has 102 valence electrons. The topological polar surface area (TPSA) is 52.7 Å². The van der Waals surface area contributed by atoms with Gasteiger partial charge in [0, 0.05) is 19.1 Å². The van der Waals surface area contributed by atoms with Crippen molar-refractivity contribution in [3.8, 4) is 0 Å². The summed E-state index contributed by atoms with van der Waals surface area (Å²) in [4.78, 5) is 2.06. The molecule has 1 heterocycles. The molecule has 0 saturated carbocycles. The zero-order valence-corrected chi connectivity index (χ0v) is 12.0. The van der Waals surface area contributed by atoms with E-state index in [-0.39, 0.29) is 11.8 Å². The Morgan fingerprint density at radius 1 is 1.41 bits per heavy atom. The van der Waals surface area contributed by atoms with Gasteiger partial charge in [-0.25, -0.2) is 8.42 Å². The molecule has 1 fully saturated rings. The van der Waals surface area contributed by atoms with Crippen molar-refractivity contribution in [2.75, 3.05) is 46.5 Å². The van der Waals surface area contributed by atoms with Gasteiger partial charge in [0.1, 0.15) is 0 Å². The van der Waals surface area contributed by atoms with E-state index in [1.165, 1.54) is 0 Å². The Balaban J connectivity index is 2.56. The summed E-state index contributed by atoms with van der Waals surface area (Å²) in [7, 11) is 2.76. The quantitative estimate of drug-likeness (QED) is 0.655. The SMILES string of the molecule is CNCCCS(=O)(=O)N1CCCC1CN(C)C. The van der Waals surface area contributed by atoms with E-state index < -0.39 is 10.0 Å². The molecule has 0 radical (unpaired) electrons. The van der Waals surface area contributed by atoms with Crippen molar-refractivity contribution in [2.45, 2.75) is 25.3 Å². The summed E-state index contributed by atoms with van der Waals surface area (Å²) >= 11 is 0. The molecule has 0 aliphatic carbocycles. The number of rotatable bonds is 7. The van der Waals surface area contributed by atoms with E-state index in [1.54, 1.807) is 4.31 Å². The number of likely N-dealkylation sites (N-methyl/N-ethyl adjacent to an activating group) is 1. The minimum Gasteiger partial charge on any atom is -0.320 e. The number of sulfonamides is 1. The van der Waals surface area contributed by atoms with Gasteiger partial charge in [-0.1, -0.05) is 0 Å². The molecular formula is C11H25N3O2S. The molecular weight excluding hydrogens is 238 g/mol. The van der Waals surface area contributed by atoms with Crippen LogP contribution in [0.15, 0.2) is 0 Å². The summed E-state index contributed by atoms with van der Waals surface area (Å²) in [6.07, 6.45) is 2.66. The normalized spacial score (nSPS) is 22.5. The average Bonchev–Trinajstić information content (AvgIpc) is 2.65. The van der Waals surface area contributed by atoms with Crippen LogP contribution in [0.2, 0.25) is 0 Å². The smallest absolute Gasteiger partial charge is 0.214 e. The maximum Gasteiger partial charge on any atom is 0.214 e. The largest absolute Gasteiger partial charge is 0.320 e. The molecule has 1 saturated heterocycles. The molecule has 6 heteroatoms. The number of hydrogen-bond acceptors (Lipinski definition) is 4. The lowest BCUT2D eigenvalue weighted by Crippen LogP contribution is -2.42. The van der Waals surface area contributed by atoms with Crippen molar-refractivity contribution in [2.24, 2.45) is 0 Å². The molecule has 0 bridgehead atoms. The standard InChI is InChI=1S/C11H25N3O2S/c1-12-7-5-9-17(15,16)14-8-4-6-11(14)10-13(2)3/h11-12H,4-10H2,1-3H3. The van der Waals surface area contributed by atoms with Gasteiger partial charge in [-0.2, -0.15) is 4.31 Å². The van der Waals surface area contributed by atoms with Gasteiger partial charge in [0.05, 0.1) is 5.75 Å². The van der Waals surface area contributed by atoms with Crippen LogP contribution in [0.25, 0.3) is 0 Å². The monoisotopic (exact) mass is 263 g/mol. The molecule has 17 heavy (non-hydrogen) atoms. The summed E-state index contributed by atoms with van der Waals surface area (Å²) < 4.78 is 26.1. The summed E-state index contributed by atoms with van der Waals surface area (Å²) in [6, 6.07) is 0.171. The highest BCUT2D eigenvalue weighted by atomic mass is 32.2. The Morgan fingerprint density at radius 2 is 2.12 bits per heavy atom. The highest BCUT2D eigenvalue weighted by Crippen LogP contribution is 2.22. The fraction of sp³-hybridized carbons (Fsp3) is 1.00. The Morgan fingerprint density at radius 3 is 2.71 bits per heavy atom. The number of nitrogens with zero attached hydrogens (tertiary/aromatic N) is 2. The van der Waals surface area contributed by atoms with Crippen molar-refractivity contribution in [3.63, 3.8) is 0 Å². The van der Waals surface area contributed by atoms with Crippen LogP contribution in [0.5, 0.6) is 0 Å². The fourth-order valence-corrected chi connectivity index (χ4v) is 4.11. The first kappa shape index (κ1) is 14.9. The Labute approximate surface area is 105 Å². The first-order chi connectivity index (χ1) is 7.97. The predicted molar refractivity (Wildman–Crippen MR) is 70.6 cm³/mol. The van der Waals surface area contributed by atoms with Gasteiger partial charge in [-0.15, -0.1) is 0 Å². The van der Waals surface area contributed by atoms with Crippen molar-refractivity contribution in [3.05, 3.63) is 0 Å². The highest BCUT2D eigenvalue weighted by Gasteiger charge is 2.33. The lowest BCUT2D eigenvalue weighted by Gasteiger charge is -2.26. The lowest BCUT2D eigenvalue weighted by atomic mass is 10.2. The van der Waals surface area contributed by atoms with Gasteiger partial charge < -0.3 is 10.2 Å². The van der Waals surface area contributed by atoms with Crippen molar-refractivity contribution >= 4 is 10.0 Å². The van der Waals surface area contributed by atoms with Crippen LogP contribution in [0.4, 0.5) is 0 Å². The molecule has 1 atom stereocenters. The zero-order chi connectivity index (χ0) is 12.9. The second-order valence-electron chi connectivity index (χ2n) is 4.94. The first-order valence-electron chi connectivity index (χ1n) is 6.26. The van der Waals surface area contributed by atoms with Crippen molar-refractivity contribution < 1.29 is 8.42 Å². The van der Waals surface area contributed by atoms with Crippen LogP contribution in [0.3, 0.4) is 0 Å². The van der Waals surface area contributed by atoms with Crippen LogP contribution in [-0.2, 0) is 10.0 Å². The van der Waals surface area contributed by atoms with Crippen molar-refractivity contribution in [1.82, 2.24) is 14.5 Å². The van der Waals surface area contributed by atoms with Crippen LogP contribution < -0.4 is 5.32 Å². The van der Waals surface area contributed by atoms with E-state index >= 15 is 0 Å². The van der Waals surface area contributed by atoms with E-state index in [9.17, 15) is 8.42 Å². The van der Waals surface area contributed by atoms with Crippen LogP contribution >= 0.6 is 0 Å². The number of hydrogen-bond donors (Lipinski definition) is 1. The third-order valence-electron chi connectivity index (χ3n) is 3.09. The molecule has 0 amide bonds. The molecule has 0 aromatic rings. The lowest BCUT2D eigenvalue weighted by molar-refractivity contribution is 0.291. The molecule has 1 aliphatic rings. The van der Waals surface area contributed by atoms with E-state index in [4.69, 9.17) is 0 Å².